The van der Waals surface area contributed by atoms with Gasteiger partial charge in [0.25, 0.3) is 0 Å². The fourth-order valence-corrected chi connectivity index (χ4v) is 4.15. The molecule has 2 saturated carbocycles. The molecule has 16 heavy (non-hydrogen) atoms. The van der Waals surface area contributed by atoms with Crippen LogP contribution in [0.1, 0.15) is 39.5 Å². The van der Waals surface area contributed by atoms with E-state index in [1.807, 2.05) is 13.8 Å². The highest BCUT2D eigenvalue weighted by Crippen LogP contribution is 2.60. The van der Waals surface area contributed by atoms with Crippen LogP contribution in [0.2, 0.25) is 0 Å². The van der Waals surface area contributed by atoms with Crippen molar-refractivity contribution >= 4 is 0 Å². The van der Waals surface area contributed by atoms with E-state index in [0.29, 0.717) is 12.5 Å². The molecule has 0 aromatic carbocycles. The molecule has 0 spiro atoms. The van der Waals surface area contributed by atoms with Crippen LogP contribution < -0.4 is 5.73 Å². The van der Waals surface area contributed by atoms with E-state index in [-0.39, 0.29) is 11.5 Å². The Balaban J connectivity index is 2.28. The zero-order chi connectivity index (χ0) is 12.0. The zero-order valence-corrected chi connectivity index (χ0v) is 10.7. The smallest absolute Gasteiger partial charge is 0.0947 e. The maximum atomic E-state index is 10.9. The van der Waals surface area contributed by atoms with Crippen LogP contribution in [0.4, 0.5) is 0 Å². The Morgan fingerprint density at radius 2 is 2.25 bits per heavy atom. The molecule has 2 rings (SSSR count). The van der Waals surface area contributed by atoms with Crippen molar-refractivity contribution < 1.29 is 9.84 Å². The topological polar surface area (TPSA) is 55.5 Å². The van der Waals surface area contributed by atoms with Crippen LogP contribution in [0, 0.1) is 17.3 Å². The van der Waals surface area contributed by atoms with Crippen molar-refractivity contribution in [1.82, 2.24) is 0 Å². The fraction of sp³-hybridized carbons (Fsp3) is 1.00. The molecule has 0 saturated heterocycles. The van der Waals surface area contributed by atoms with Crippen LogP contribution in [0.5, 0.6) is 0 Å². The van der Waals surface area contributed by atoms with Crippen molar-refractivity contribution in [2.24, 2.45) is 23.0 Å². The molecule has 5 unspecified atom stereocenters. The second-order valence-electron chi connectivity index (χ2n) is 5.97. The second-order valence-corrected chi connectivity index (χ2v) is 5.97. The molecule has 0 amide bonds. The van der Waals surface area contributed by atoms with Gasteiger partial charge in [-0.1, -0.05) is 6.42 Å². The van der Waals surface area contributed by atoms with E-state index < -0.39 is 5.60 Å². The molecule has 0 aromatic rings. The Morgan fingerprint density at radius 1 is 1.56 bits per heavy atom. The molecule has 94 valence electrons. The van der Waals surface area contributed by atoms with Gasteiger partial charge in [-0.05, 0) is 44.9 Å². The highest BCUT2D eigenvalue weighted by atomic mass is 16.5. The largest absolute Gasteiger partial charge is 0.387 e. The standard InChI is InChI=1S/C13H25NO2/c1-9(16-3)12(2,15)13(8-14)7-10-4-5-11(13)6-10/h9-11,15H,4-8,14H2,1-3H3. The Bertz CT molecular complexity index is 267. The molecular formula is C13H25NO2. The quantitative estimate of drug-likeness (QED) is 0.766. The van der Waals surface area contributed by atoms with Gasteiger partial charge in [-0.25, -0.2) is 0 Å². The van der Waals surface area contributed by atoms with Gasteiger partial charge in [0.2, 0.25) is 0 Å². The Hall–Kier alpha value is -0.120. The minimum Gasteiger partial charge on any atom is -0.387 e. The third-order valence-electron chi connectivity index (χ3n) is 5.49. The van der Waals surface area contributed by atoms with Gasteiger partial charge < -0.3 is 15.6 Å². The van der Waals surface area contributed by atoms with Crippen molar-refractivity contribution in [2.45, 2.75) is 51.2 Å². The molecule has 5 atom stereocenters. The summed E-state index contributed by atoms with van der Waals surface area (Å²) in [5.74, 6) is 1.37. The summed E-state index contributed by atoms with van der Waals surface area (Å²) in [5, 5.41) is 10.9. The number of ether oxygens (including phenoxy) is 1. The number of nitrogens with two attached hydrogens (primary N) is 1. The summed E-state index contributed by atoms with van der Waals surface area (Å²) in [6, 6.07) is 0. The van der Waals surface area contributed by atoms with E-state index in [4.69, 9.17) is 10.5 Å². The van der Waals surface area contributed by atoms with Gasteiger partial charge in [-0.3, -0.25) is 0 Å². The molecule has 3 nitrogen and oxygen atoms in total. The number of fused-ring (bicyclic) bond motifs is 2. The van der Waals surface area contributed by atoms with Crippen LogP contribution in [0.15, 0.2) is 0 Å². The lowest BCUT2D eigenvalue weighted by molar-refractivity contribution is -0.167. The van der Waals surface area contributed by atoms with Gasteiger partial charge in [-0.2, -0.15) is 0 Å². The molecule has 0 aliphatic heterocycles. The first-order chi connectivity index (χ1) is 7.48. The van der Waals surface area contributed by atoms with Crippen molar-refractivity contribution in [1.29, 1.82) is 0 Å². The summed E-state index contributed by atoms with van der Waals surface area (Å²) in [4.78, 5) is 0. The fourth-order valence-electron chi connectivity index (χ4n) is 4.15. The normalized spacial score (nSPS) is 43.3. The predicted octanol–water partition coefficient (Wildman–Crippen LogP) is 1.54. The lowest BCUT2D eigenvalue weighted by Crippen LogP contribution is -2.59. The Kier molecular flexibility index (Phi) is 3.06. The molecule has 0 aromatic heterocycles. The van der Waals surface area contributed by atoms with Crippen LogP contribution in [-0.2, 0) is 4.74 Å². The van der Waals surface area contributed by atoms with Gasteiger partial charge in [-0.15, -0.1) is 0 Å². The minimum atomic E-state index is -0.809. The second kappa shape index (κ2) is 3.97. The lowest BCUT2D eigenvalue weighted by Gasteiger charge is -2.50. The van der Waals surface area contributed by atoms with Gasteiger partial charge in [0.15, 0.2) is 0 Å². The Morgan fingerprint density at radius 3 is 2.62 bits per heavy atom. The maximum Gasteiger partial charge on any atom is 0.0947 e. The van der Waals surface area contributed by atoms with Crippen LogP contribution in [0.25, 0.3) is 0 Å². The summed E-state index contributed by atoms with van der Waals surface area (Å²) in [6.45, 7) is 4.44. The van der Waals surface area contributed by atoms with Gasteiger partial charge >= 0.3 is 0 Å². The highest BCUT2D eigenvalue weighted by Gasteiger charge is 2.60. The van der Waals surface area contributed by atoms with Crippen LogP contribution in [0.3, 0.4) is 0 Å². The molecule has 0 radical (unpaired) electrons. The number of methoxy groups -OCH3 is 1. The van der Waals surface area contributed by atoms with E-state index in [1.165, 1.54) is 19.3 Å². The number of hydrogen-bond donors (Lipinski definition) is 2. The number of aliphatic hydroxyl groups is 1. The Labute approximate surface area is 98.4 Å². The predicted molar refractivity (Wildman–Crippen MR) is 64.0 cm³/mol. The van der Waals surface area contributed by atoms with E-state index in [2.05, 4.69) is 0 Å². The number of hydrogen-bond acceptors (Lipinski definition) is 3. The molecule has 2 aliphatic rings. The van der Waals surface area contributed by atoms with Gasteiger partial charge in [0, 0.05) is 19.1 Å². The molecule has 0 heterocycles. The monoisotopic (exact) mass is 227 g/mol. The molecule has 2 aliphatic carbocycles. The molecule has 2 bridgehead atoms. The van der Waals surface area contributed by atoms with Crippen molar-refractivity contribution in [3.63, 3.8) is 0 Å². The van der Waals surface area contributed by atoms with Crippen molar-refractivity contribution in [3.8, 4) is 0 Å². The lowest BCUT2D eigenvalue weighted by atomic mass is 9.61. The first-order valence-corrected chi connectivity index (χ1v) is 6.43. The zero-order valence-electron chi connectivity index (χ0n) is 10.7. The van der Waals surface area contributed by atoms with Crippen molar-refractivity contribution in [3.05, 3.63) is 0 Å². The molecular weight excluding hydrogens is 202 g/mol. The summed E-state index contributed by atoms with van der Waals surface area (Å²) in [6.07, 6.45) is 4.73. The van der Waals surface area contributed by atoms with E-state index in [0.717, 1.165) is 12.3 Å². The number of rotatable bonds is 4. The first kappa shape index (κ1) is 12.3. The van der Waals surface area contributed by atoms with E-state index in [9.17, 15) is 5.11 Å². The van der Waals surface area contributed by atoms with E-state index >= 15 is 0 Å². The summed E-state index contributed by atoms with van der Waals surface area (Å²) in [7, 11) is 1.66. The first-order valence-electron chi connectivity index (χ1n) is 6.43. The van der Waals surface area contributed by atoms with Gasteiger partial charge in [0.05, 0.1) is 11.7 Å². The maximum absolute atomic E-state index is 10.9. The molecule has 2 fully saturated rings. The SMILES string of the molecule is COC(C)C(C)(O)C1(CN)CC2CCC1C2. The van der Waals surface area contributed by atoms with Crippen LogP contribution in [-0.4, -0.2) is 30.5 Å². The average molecular weight is 227 g/mol. The molecule has 3 heteroatoms. The molecule has 3 N–H and O–H groups in total. The minimum absolute atomic E-state index is 0.120. The third-order valence-corrected chi connectivity index (χ3v) is 5.49. The average Bonchev–Trinajstić information content (AvgIpc) is 2.87. The summed E-state index contributed by atoms with van der Waals surface area (Å²) >= 11 is 0. The summed E-state index contributed by atoms with van der Waals surface area (Å²) < 4.78 is 5.36. The highest BCUT2D eigenvalue weighted by molar-refractivity contribution is 5.11. The van der Waals surface area contributed by atoms with Crippen LogP contribution >= 0.6 is 0 Å². The third kappa shape index (κ3) is 1.45. The van der Waals surface area contributed by atoms with Gasteiger partial charge in [0.1, 0.15) is 0 Å². The van der Waals surface area contributed by atoms with E-state index in [1.54, 1.807) is 7.11 Å². The van der Waals surface area contributed by atoms with Crippen molar-refractivity contribution in [2.75, 3.05) is 13.7 Å². The summed E-state index contributed by atoms with van der Waals surface area (Å²) in [5.41, 5.74) is 5.09.